The number of carbonyl (C=O) groups is 1. The van der Waals surface area contributed by atoms with Gasteiger partial charge in [-0.2, -0.15) is 0 Å². The fourth-order valence-electron chi connectivity index (χ4n) is 2.70. The molecular formula is C22H30ClIN4O2. The molecule has 0 radical (unpaired) electrons. The molecule has 0 saturated heterocycles. The molecule has 0 unspecified atom stereocenters. The first kappa shape index (κ1) is 26.0. The quantitative estimate of drug-likeness (QED) is 0.300. The first-order chi connectivity index (χ1) is 13.9. The van der Waals surface area contributed by atoms with Crippen LogP contribution >= 0.6 is 35.6 Å². The lowest BCUT2D eigenvalue weighted by molar-refractivity contribution is 0.0827. The number of nitrogens with one attached hydrogen (secondary N) is 2. The molecule has 164 valence electrons. The van der Waals surface area contributed by atoms with E-state index in [1.54, 1.807) is 26.1 Å². The minimum absolute atomic E-state index is 0. The number of amides is 1. The van der Waals surface area contributed by atoms with Crippen LogP contribution in [-0.2, 0) is 13.0 Å². The summed E-state index contributed by atoms with van der Waals surface area (Å²) in [6.45, 7) is 4.02. The Morgan fingerprint density at radius 2 is 1.83 bits per heavy atom. The maximum absolute atomic E-state index is 12.0. The smallest absolute Gasteiger partial charge is 0.253 e. The lowest BCUT2D eigenvalue weighted by Crippen LogP contribution is -2.38. The number of hydrogen-bond acceptors (Lipinski definition) is 3. The van der Waals surface area contributed by atoms with Gasteiger partial charge in [-0.25, -0.2) is 4.99 Å². The summed E-state index contributed by atoms with van der Waals surface area (Å²) < 4.78 is 5.18. The number of ether oxygens (including phenoxy) is 1. The fourth-order valence-corrected chi connectivity index (χ4v) is 2.96. The van der Waals surface area contributed by atoms with Crippen molar-refractivity contribution in [2.24, 2.45) is 4.99 Å². The van der Waals surface area contributed by atoms with Gasteiger partial charge in [0.15, 0.2) is 5.96 Å². The van der Waals surface area contributed by atoms with E-state index in [2.05, 4.69) is 15.6 Å². The summed E-state index contributed by atoms with van der Waals surface area (Å²) in [5, 5.41) is 7.26. The summed E-state index contributed by atoms with van der Waals surface area (Å²) in [4.78, 5) is 18.1. The van der Waals surface area contributed by atoms with Crippen molar-refractivity contribution in [1.82, 2.24) is 15.5 Å². The van der Waals surface area contributed by atoms with Crippen molar-refractivity contribution < 1.29 is 9.53 Å². The van der Waals surface area contributed by atoms with E-state index in [1.807, 2.05) is 49.4 Å². The van der Waals surface area contributed by atoms with Crippen LogP contribution < -0.4 is 15.4 Å². The van der Waals surface area contributed by atoms with E-state index in [1.165, 1.54) is 0 Å². The predicted octanol–water partition coefficient (Wildman–Crippen LogP) is 3.97. The van der Waals surface area contributed by atoms with Gasteiger partial charge in [-0.1, -0.05) is 29.8 Å². The molecule has 0 aliphatic carbocycles. The van der Waals surface area contributed by atoms with E-state index in [9.17, 15) is 4.79 Å². The third-order valence-corrected chi connectivity index (χ3v) is 4.67. The summed E-state index contributed by atoms with van der Waals surface area (Å²) in [5.74, 6) is 1.48. The number of methoxy groups -OCH3 is 1. The van der Waals surface area contributed by atoms with Crippen molar-refractivity contribution in [1.29, 1.82) is 0 Å². The lowest BCUT2D eigenvalue weighted by atomic mass is 10.1. The topological polar surface area (TPSA) is 66.0 Å². The number of carbonyl (C=O) groups excluding carboxylic acids is 1. The van der Waals surface area contributed by atoms with Gasteiger partial charge in [-0.3, -0.25) is 4.79 Å². The Morgan fingerprint density at radius 3 is 2.40 bits per heavy atom. The molecule has 0 heterocycles. The highest BCUT2D eigenvalue weighted by atomic mass is 127. The van der Waals surface area contributed by atoms with Crippen molar-refractivity contribution >= 4 is 47.4 Å². The van der Waals surface area contributed by atoms with E-state index in [0.29, 0.717) is 23.7 Å². The molecule has 0 spiro atoms. The van der Waals surface area contributed by atoms with Gasteiger partial charge in [0.05, 0.1) is 13.7 Å². The molecule has 2 N–H and O–H groups in total. The van der Waals surface area contributed by atoms with Gasteiger partial charge in [-0.05, 0) is 48.7 Å². The van der Waals surface area contributed by atoms with Crippen LogP contribution in [-0.4, -0.2) is 51.1 Å². The number of halogens is 2. The normalized spacial score (nSPS) is 10.8. The Hall–Kier alpha value is -2.00. The van der Waals surface area contributed by atoms with Crippen LogP contribution in [0.1, 0.15) is 28.4 Å². The standard InChI is InChI=1S/C22H29ClN4O2.HI/c1-5-24-22(25-13-12-17-10-11-19(29-4)14-20(17)23)26-15-16-6-8-18(9-7-16)21(28)27(2)3;/h6-11,14H,5,12-13,15H2,1-4H3,(H2,24,25,26);1H. The first-order valence-corrected chi connectivity index (χ1v) is 9.97. The van der Waals surface area contributed by atoms with Crippen molar-refractivity contribution in [3.05, 3.63) is 64.2 Å². The van der Waals surface area contributed by atoms with E-state index in [4.69, 9.17) is 16.3 Å². The highest BCUT2D eigenvalue weighted by Gasteiger charge is 2.07. The fraction of sp³-hybridized carbons (Fsp3) is 0.364. The van der Waals surface area contributed by atoms with Crippen LogP contribution in [0.2, 0.25) is 5.02 Å². The van der Waals surface area contributed by atoms with Crippen LogP contribution in [0.4, 0.5) is 0 Å². The van der Waals surface area contributed by atoms with Gasteiger partial charge in [0.2, 0.25) is 0 Å². The molecule has 30 heavy (non-hydrogen) atoms. The van der Waals surface area contributed by atoms with Crippen molar-refractivity contribution in [2.75, 3.05) is 34.3 Å². The van der Waals surface area contributed by atoms with Gasteiger partial charge >= 0.3 is 0 Å². The molecule has 8 heteroatoms. The van der Waals surface area contributed by atoms with Crippen LogP contribution in [0.3, 0.4) is 0 Å². The third-order valence-electron chi connectivity index (χ3n) is 4.32. The van der Waals surface area contributed by atoms with E-state index in [0.717, 1.165) is 35.8 Å². The average molecular weight is 545 g/mol. The molecule has 2 aromatic carbocycles. The third kappa shape index (κ3) is 8.02. The Balaban J connectivity index is 0.00000450. The Bertz CT molecular complexity index is 842. The van der Waals surface area contributed by atoms with Crippen molar-refractivity contribution in [3.8, 4) is 5.75 Å². The van der Waals surface area contributed by atoms with Gasteiger partial charge in [-0.15, -0.1) is 24.0 Å². The van der Waals surface area contributed by atoms with Gasteiger partial charge in [0.1, 0.15) is 5.75 Å². The molecule has 6 nitrogen and oxygen atoms in total. The molecular weight excluding hydrogens is 515 g/mol. The zero-order valence-corrected chi connectivity index (χ0v) is 21.0. The van der Waals surface area contributed by atoms with Crippen molar-refractivity contribution in [2.45, 2.75) is 19.9 Å². The molecule has 0 atom stereocenters. The highest BCUT2D eigenvalue weighted by molar-refractivity contribution is 14.0. The zero-order chi connectivity index (χ0) is 21.2. The largest absolute Gasteiger partial charge is 0.497 e. The number of aliphatic imine (C=N–C) groups is 1. The van der Waals surface area contributed by atoms with Gasteiger partial charge in [0.25, 0.3) is 5.91 Å². The summed E-state index contributed by atoms with van der Waals surface area (Å²) >= 11 is 6.30. The summed E-state index contributed by atoms with van der Waals surface area (Å²) in [7, 11) is 5.11. The van der Waals surface area contributed by atoms with Gasteiger partial charge in [0, 0.05) is 37.8 Å². The molecule has 1 amide bonds. The second kappa shape index (κ2) is 13.3. The average Bonchev–Trinajstić information content (AvgIpc) is 2.72. The Morgan fingerprint density at radius 1 is 1.13 bits per heavy atom. The monoisotopic (exact) mass is 544 g/mol. The summed E-state index contributed by atoms with van der Waals surface area (Å²) in [5.41, 5.74) is 2.76. The molecule has 0 fully saturated rings. The van der Waals surface area contributed by atoms with Crippen LogP contribution in [0.15, 0.2) is 47.5 Å². The molecule has 0 aliphatic heterocycles. The van der Waals surface area contributed by atoms with E-state index in [-0.39, 0.29) is 29.9 Å². The Kier molecular flexibility index (Phi) is 11.6. The maximum atomic E-state index is 12.0. The molecule has 2 rings (SSSR count). The number of hydrogen-bond donors (Lipinski definition) is 2. The van der Waals surface area contributed by atoms with Gasteiger partial charge < -0.3 is 20.3 Å². The van der Waals surface area contributed by atoms with E-state index < -0.39 is 0 Å². The summed E-state index contributed by atoms with van der Waals surface area (Å²) in [6, 6.07) is 13.2. The number of rotatable bonds is 8. The van der Waals surface area contributed by atoms with E-state index >= 15 is 0 Å². The van der Waals surface area contributed by atoms with Crippen LogP contribution in [0.5, 0.6) is 5.75 Å². The molecule has 0 bridgehead atoms. The molecule has 0 saturated carbocycles. The van der Waals surface area contributed by atoms with Crippen LogP contribution in [0.25, 0.3) is 0 Å². The second-order valence-corrected chi connectivity index (χ2v) is 7.13. The minimum atomic E-state index is -0.00718. The predicted molar refractivity (Wildman–Crippen MR) is 134 cm³/mol. The first-order valence-electron chi connectivity index (χ1n) is 9.59. The highest BCUT2D eigenvalue weighted by Crippen LogP contribution is 2.22. The maximum Gasteiger partial charge on any atom is 0.253 e. The molecule has 2 aromatic rings. The SMILES string of the molecule is CCNC(=NCc1ccc(C(=O)N(C)C)cc1)NCCc1ccc(OC)cc1Cl.I. The number of guanidine groups is 1. The van der Waals surface area contributed by atoms with Crippen LogP contribution in [0, 0.1) is 0 Å². The molecule has 0 aromatic heterocycles. The van der Waals surface area contributed by atoms with Crippen molar-refractivity contribution in [3.63, 3.8) is 0 Å². The molecule has 0 aliphatic rings. The second-order valence-electron chi connectivity index (χ2n) is 6.73. The number of benzene rings is 2. The minimum Gasteiger partial charge on any atom is -0.497 e. The Labute approximate surface area is 201 Å². The number of nitrogens with zero attached hydrogens (tertiary/aromatic N) is 2. The lowest BCUT2D eigenvalue weighted by Gasteiger charge is -2.13. The zero-order valence-electron chi connectivity index (χ0n) is 17.9. The summed E-state index contributed by atoms with van der Waals surface area (Å²) in [6.07, 6.45) is 0.772.